The number of esters is 1. The Kier molecular flexibility index (Phi) is 7.38. The first-order chi connectivity index (χ1) is 18.8. The minimum Gasteiger partial charge on any atom is -0.493 e. The van der Waals surface area contributed by atoms with E-state index >= 15 is 0 Å². The van der Waals surface area contributed by atoms with Crippen LogP contribution in [-0.2, 0) is 16.1 Å². The first kappa shape index (κ1) is 26.4. The largest absolute Gasteiger partial charge is 0.493 e. The molecular weight excluding hydrogens is 514 g/mol. The van der Waals surface area contributed by atoms with Gasteiger partial charge in [-0.1, -0.05) is 18.2 Å². The van der Waals surface area contributed by atoms with Gasteiger partial charge in [-0.25, -0.2) is 0 Å². The lowest BCUT2D eigenvalue weighted by Crippen LogP contribution is -2.12. The molecule has 39 heavy (non-hydrogen) atoms. The second kappa shape index (κ2) is 10.9. The maximum absolute atomic E-state index is 12.3. The minimum atomic E-state index is -0.518. The van der Waals surface area contributed by atoms with E-state index in [0.717, 1.165) is 44.5 Å². The number of ether oxygens (including phenoxy) is 3. The van der Waals surface area contributed by atoms with Gasteiger partial charge in [-0.3, -0.25) is 14.4 Å². The zero-order chi connectivity index (χ0) is 27.7. The lowest BCUT2D eigenvalue weighted by atomic mass is 9.99. The topological polar surface area (TPSA) is 99.9 Å². The predicted molar refractivity (Wildman–Crippen MR) is 152 cm³/mol. The molecule has 0 fully saturated rings. The molecule has 0 bridgehead atoms. The molecule has 0 unspecified atom stereocenters. The lowest BCUT2D eigenvalue weighted by Gasteiger charge is -2.13. The molecule has 0 aliphatic carbocycles. The van der Waals surface area contributed by atoms with Crippen molar-refractivity contribution in [2.24, 2.45) is 4.99 Å². The zero-order valence-electron chi connectivity index (χ0n) is 22.9. The third-order valence-electron chi connectivity index (χ3n) is 6.93. The molecule has 2 aromatic carbocycles. The van der Waals surface area contributed by atoms with Crippen LogP contribution in [0.25, 0.3) is 5.00 Å². The molecule has 3 heterocycles. The fourth-order valence-corrected chi connectivity index (χ4v) is 5.92. The van der Waals surface area contributed by atoms with Crippen molar-refractivity contribution in [3.63, 3.8) is 0 Å². The van der Waals surface area contributed by atoms with E-state index in [-0.39, 0.29) is 12.4 Å². The van der Waals surface area contributed by atoms with Crippen molar-refractivity contribution < 1.29 is 19.0 Å². The van der Waals surface area contributed by atoms with Gasteiger partial charge in [-0.05, 0) is 56.2 Å². The fraction of sp³-hybridized carbons (Fsp3) is 0.310. The molecule has 2 aromatic heterocycles. The molecule has 9 nitrogen and oxygen atoms in total. The maximum atomic E-state index is 12.3. The lowest BCUT2D eigenvalue weighted by molar-refractivity contribution is -0.141. The average Bonchev–Trinajstić information content (AvgIpc) is 3.43. The highest BCUT2D eigenvalue weighted by atomic mass is 32.1. The van der Waals surface area contributed by atoms with Gasteiger partial charge >= 0.3 is 5.97 Å². The van der Waals surface area contributed by atoms with Gasteiger partial charge in [-0.2, -0.15) is 0 Å². The van der Waals surface area contributed by atoms with Crippen LogP contribution in [0.15, 0.2) is 47.5 Å². The van der Waals surface area contributed by atoms with E-state index in [4.69, 9.17) is 19.2 Å². The standard InChI is InChI=1S/C29H31N5O4S/c1-16-17(2)39-29-26(16)27(31-22(14-25(35)38-6)28-33-32-18(3)34(28)29)20-8-10-21(11-9-20)30-15-19-7-12-23(36-4)24(13-19)37-5/h7-13,22,30H,14-15H2,1-6H3/t22-/m0/s1. The molecule has 4 aromatic rings. The number of nitrogens with zero attached hydrogens (tertiary/aromatic N) is 4. The van der Waals surface area contributed by atoms with Gasteiger partial charge in [-0.15, -0.1) is 21.5 Å². The van der Waals surface area contributed by atoms with Crippen LogP contribution in [0.4, 0.5) is 5.69 Å². The molecule has 0 saturated carbocycles. The van der Waals surface area contributed by atoms with Gasteiger partial charge in [0.25, 0.3) is 0 Å². The van der Waals surface area contributed by atoms with Crippen molar-refractivity contribution in [2.75, 3.05) is 26.6 Å². The number of aryl methyl sites for hydroxylation is 2. The van der Waals surface area contributed by atoms with Crippen molar-refractivity contribution in [3.05, 3.63) is 81.2 Å². The van der Waals surface area contributed by atoms with Crippen molar-refractivity contribution >= 4 is 28.7 Å². The number of rotatable bonds is 8. The molecule has 10 heteroatoms. The van der Waals surface area contributed by atoms with Crippen LogP contribution in [0.1, 0.15) is 51.2 Å². The SMILES string of the molecule is COC(=O)C[C@@H]1N=C(c2ccc(NCc3ccc(OC)c(OC)c3)cc2)c2c(sc(C)c2C)-n2c(C)nnc21. The summed E-state index contributed by atoms with van der Waals surface area (Å²) in [4.78, 5) is 18.6. The minimum absolute atomic E-state index is 0.0794. The first-order valence-corrected chi connectivity index (χ1v) is 13.4. The Hall–Kier alpha value is -4.18. The number of aliphatic imine (C=N–C) groups is 1. The number of hydrogen-bond donors (Lipinski definition) is 1. The number of thiophene rings is 1. The summed E-state index contributed by atoms with van der Waals surface area (Å²) in [6.07, 6.45) is 0.0794. The Morgan fingerprint density at radius 3 is 2.44 bits per heavy atom. The Morgan fingerprint density at radius 1 is 1.00 bits per heavy atom. The fourth-order valence-electron chi connectivity index (χ4n) is 4.71. The summed E-state index contributed by atoms with van der Waals surface area (Å²) in [5.41, 5.74) is 6.03. The van der Waals surface area contributed by atoms with Crippen molar-refractivity contribution in [1.82, 2.24) is 14.8 Å². The van der Waals surface area contributed by atoms with Crippen LogP contribution in [0.5, 0.6) is 11.5 Å². The van der Waals surface area contributed by atoms with Crippen molar-refractivity contribution in [1.29, 1.82) is 0 Å². The molecule has 1 aliphatic heterocycles. The number of hydrogen-bond acceptors (Lipinski definition) is 9. The van der Waals surface area contributed by atoms with Crippen LogP contribution < -0.4 is 14.8 Å². The average molecular weight is 546 g/mol. The molecule has 5 rings (SSSR count). The van der Waals surface area contributed by atoms with E-state index in [2.05, 4.69) is 41.5 Å². The van der Waals surface area contributed by atoms with E-state index in [0.29, 0.717) is 23.9 Å². The zero-order valence-corrected chi connectivity index (χ0v) is 23.7. The van der Waals surface area contributed by atoms with Gasteiger partial charge < -0.3 is 19.5 Å². The third kappa shape index (κ3) is 4.99. The molecule has 1 aliphatic rings. The van der Waals surface area contributed by atoms with Gasteiger partial charge in [0, 0.05) is 28.2 Å². The van der Waals surface area contributed by atoms with Crippen LogP contribution in [0, 0.1) is 20.8 Å². The first-order valence-electron chi connectivity index (χ1n) is 12.6. The van der Waals surface area contributed by atoms with Gasteiger partial charge in [0.2, 0.25) is 0 Å². The maximum Gasteiger partial charge on any atom is 0.308 e. The molecule has 0 radical (unpaired) electrons. The summed E-state index contributed by atoms with van der Waals surface area (Å²) in [6.45, 7) is 6.77. The van der Waals surface area contributed by atoms with E-state index in [1.165, 1.54) is 12.0 Å². The van der Waals surface area contributed by atoms with Crippen LogP contribution in [0.2, 0.25) is 0 Å². The number of carbonyl (C=O) groups is 1. The number of benzene rings is 2. The van der Waals surface area contributed by atoms with Crippen LogP contribution in [0.3, 0.4) is 0 Å². The van der Waals surface area contributed by atoms with Crippen LogP contribution >= 0.6 is 11.3 Å². The second-order valence-electron chi connectivity index (χ2n) is 9.30. The summed E-state index contributed by atoms with van der Waals surface area (Å²) >= 11 is 1.69. The summed E-state index contributed by atoms with van der Waals surface area (Å²) < 4.78 is 17.8. The van der Waals surface area contributed by atoms with Gasteiger partial charge in [0.05, 0.1) is 33.5 Å². The second-order valence-corrected chi connectivity index (χ2v) is 10.5. The monoisotopic (exact) mass is 545 g/mol. The Balaban J connectivity index is 1.48. The van der Waals surface area contributed by atoms with E-state index in [1.807, 2.05) is 41.8 Å². The summed E-state index contributed by atoms with van der Waals surface area (Å²) in [5, 5.41) is 13.2. The number of carbonyl (C=O) groups excluding carboxylic acids is 1. The Morgan fingerprint density at radius 2 is 1.74 bits per heavy atom. The van der Waals surface area contributed by atoms with E-state index < -0.39 is 6.04 Å². The van der Waals surface area contributed by atoms with Gasteiger partial charge in [0.15, 0.2) is 17.3 Å². The number of nitrogens with one attached hydrogen (secondary N) is 1. The molecule has 0 spiro atoms. The van der Waals surface area contributed by atoms with Gasteiger partial charge in [0.1, 0.15) is 16.9 Å². The van der Waals surface area contributed by atoms with E-state index in [9.17, 15) is 4.79 Å². The highest BCUT2D eigenvalue weighted by Crippen LogP contribution is 2.39. The molecular formula is C29H31N5O4S. The normalized spacial score (nSPS) is 14.1. The van der Waals surface area contributed by atoms with Crippen molar-refractivity contribution in [3.8, 4) is 16.5 Å². The molecule has 202 valence electrons. The third-order valence-corrected chi connectivity index (χ3v) is 8.12. The van der Waals surface area contributed by atoms with Crippen LogP contribution in [-0.4, -0.2) is 47.8 Å². The highest BCUT2D eigenvalue weighted by Gasteiger charge is 2.32. The number of methoxy groups -OCH3 is 3. The Labute approximate surface area is 231 Å². The summed E-state index contributed by atoms with van der Waals surface area (Å²) in [7, 11) is 4.64. The molecule has 1 atom stereocenters. The predicted octanol–water partition coefficient (Wildman–Crippen LogP) is 5.34. The quantitative estimate of drug-likeness (QED) is 0.298. The number of anilines is 1. The summed E-state index contributed by atoms with van der Waals surface area (Å²) in [6, 6.07) is 13.5. The van der Waals surface area contributed by atoms with Crippen molar-refractivity contribution in [2.45, 2.75) is 39.8 Å². The molecule has 1 N–H and O–H groups in total. The molecule has 0 amide bonds. The summed E-state index contributed by atoms with van der Waals surface area (Å²) in [5.74, 6) is 2.45. The number of aromatic nitrogens is 3. The smallest absolute Gasteiger partial charge is 0.308 e. The Bertz CT molecular complexity index is 1550. The molecule has 0 saturated heterocycles. The highest BCUT2D eigenvalue weighted by molar-refractivity contribution is 7.15. The van der Waals surface area contributed by atoms with E-state index in [1.54, 1.807) is 25.6 Å². The number of fused-ring (bicyclic) bond motifs is 3.